The molecule has 0 unspecified atom stereocenters. The van der Waals surface area contributed by atoms with Crippen molar-refractivity contribution in [2.24, 2.45) is 0 Å². The van der Waals surface area contributed by atoms with Crippen molar-refractivity contribution in [1.29, 1.82) is 0 Å². The van der Waals surface area contributed by atoms with Crippen molar-refractivity contribution >= 4 is 17.5 Å². The Bertz CT molecular complexity index is 791. The van der Waals surface area contributed by atoms with Gasteiger partial charge in [-0.05, 0) is 43.2 Å². The number of nitrogen functional groups attached to an aromatic ring is 1. The number of anilines is 1. The number of benzene rings is 2. The summed E-state index contributed by atoms with van der Waals surface area (Å²) in [6.45, 7) is 4.10. The van der Waals surface area contributed by atoms with Crippen molar-refractivity contribution in [1.82, 2.24) is 5.16 Å². The minimum Gasteiger partial charge on any atom is -0.367 e. The molecular formula is C17H15ClN2O. The van der Waals surface area contributed by atoms with E-state index in [1.54, 1.807) is 0 Å². The van der Waals surface area contributed by atoms with Gasteiger partial charge in [-0.1, -0.05) is 46.6 Å². The first kappa shape index (κ1) is 13.7. The van der Waals surface area contributed by atoms with Crippen LogP contribution in [0.25, 0.3) is 22.4 Å². The van der Waals surface area contributed by atoms with Gasteiger partial charge in [0.1, 0.15) is 5.69 Å². The van der Waals surface area contributed by atoms with Crippen molar-refractivity contribution in [3.05, 3.63) is 58.6 Å². The van der Waals surface area contributed by atoms with Gasteiger partial charge in [-0.3, -0.25) is 0 Å². The molecule has 2 N–H and O–H groups in total. The van der Waals surface area contributed by atoms with E-state index in [0.29, 0.717) is 10.9 Å². The molecule has 0 fully saturated rings. The highest BCUT2D eigenvalue weighted by Gasteiger charge is 2.18. The third kappa shape index (κ3) is 2.52. The van der Waals surface area contributed by atoms with E-state index in [1.165, 1.54) is 5.56 Å². The number of hydrogen-bond donors (Lipinski definition) is 1. The summed E-state index contributed by atoms with van der Waals surface area (Å²) in [4.78, 5) is 0. The van der Waals surface area contributed by atoms with Crippen LogP contribution >= 0.6 is 11.6 Å². The van der Waals surface area contributed by atoms with Gasteiger partial charge in [-0.15, -0.1) is 0 Å². The summed E-state index contributed by atoms with van der Waals surface area (Å²) in [5, 5.41) is 4.84. The van der Waals surface area contributed by atoms with E-state index in [-0.39, 0.29) is 0 Å². The number of hydrogen-bond acceptors (Lipinski definition) is 3. The van der Waals surface area contributed by atoms with Crippen LogP contribution in [-0.4, -0.2) is 5.16 Å². The highest BCUT2D eigenvalue weighted by molar-refractivity contribution is 6.30. The maximum absolute atomic E-state index is 5.97. The van der Waals surface area contributed by atoms with Crippen molar-refractivity contribution < 1.29 is 4.52 Å². The molecule has 0 spiro atoms. The smallest absolute Gasteiger partial charge is 0.230 e. The molecule has 0 aliphatic heterocycles. The van der Waals surface area contributed by atoms with Gasteiger partial charge in [-0.2, -0.15) is 0 Å². The Morgan fingerprint density at radius 1 is 1.05 bits per heavy atom. The summed E-state index contributed by atoms with van der Waals surface area (Å²) in [7, 11) is 0. The van der Waals surface area contributed by atoms with Crippen LogP contribution in [0.2, 0.25) is 5.02 Å². The van der Waals surface area contributed by atoms with E-state index < -0.39 is 0 Å². The quantitative estimate of drug-likeness (QED) is 0.735. The van der Waals surface area contributed by atoms with E-state index in [9.17, 15) is 0 Å². The standard InChI is InChI=1S/C17H15ClN2O/c1-10-3-4-11(2)14(9-10)16-15(17(19)21-20-16)12-5-7-13(18)8-6-12/h3-9H,19H2,1-2H3. The lowest BCUT2D eigenvalue weighted by Crippen LogP contribution is -1.90. The summed E-state index contributed by atoms with van der Waals surface area (Å²) >= 11 is 5.95. The second-order valence-electron chi connectivity index (χ2n) is 5.10. The molecule has 0 saturated heterocycles. The first-order chi connectivity index (χ1) is 10.1. The number of rotatable bonds is 2. The predicted molar refractivity (Wildman–Crippen MR) is 86.3 cm³/mol. The second kappa shape index (κ2) is 5.26. The lowest BCUT2D eigenvalue weighted by Gasteiger charge is -2.07. The first-order valence-corrected chi connectivity index (χ1v) is 7.03. The summed E-state index contributed by atoms with van der Waals surface area (Å²) in [5.74, 6) is 0.313. The fourth-order valence-electron chi connectivity index (χ4n) is 2.37. The SMILES string of the molecule is Cc1ccc(C)c(-c2noc(N)c2-c2ccc(Cl)cc2)c1. The zero-order valence-electron chi connectivity index (χ0n) is 11.9. The molecule has 0 aliphatic carbocycles. The zero-order valence-corrected chi connectivity index (χ0v) is 12.6. The van der Waals surface area contributed by atoms with Crippen LogP contribution in [0.3, 0.4) is 0 Å². The molecule has 106 valence electrons. The summed E-state index contributed by atoms with van der Waals surface area (Å²) in [6, 6.07) is 13.7. The highest BCUT2D eigenvalue weighted by atomic mass is 35.5. The Labute approximate surface area is 128 Å². The monoisotopic (exact) mass is 298 g/mol. The highest BCUT2D eigenvalue weighted by Crippen LogP contribution is 2.38. The molecule has 3 nitrogen and oxygen atoms in total. The molecule has 0 amide bonds. The largest absolute Gasteiger partial charge is 0.367 e. The normalized spacial score (nSPS) is 10.8. The van der Waals surface area contributed by atoms with Crippen LogP contribution in [0.1, 0.15) is 11.1 Å². The zero-order chi connectivity index (χ0) is 15.0. The molecule has 4 heteroatoms. The summed E-state index contributed by atoms with van der Waals surface area (Å²) in [5.41, 5.74) is 11.8. The van der Waals surface area contributed by atoms with Crippen molar-refractivity contribution in [3.8, 4) is 22.4 Å². The predicted octanol–water partition coefficient (Wildman–Crippen LogP) is 4.86. The Balaban J connectivity index is 2.21. The topological polar surface area (TPSA) is 52.0 Å². The number of aromatic nitrogens is 1. The first-order valence-electron chi connectivity index (χ1n) is 6.65. The molecule has 21 heavy (non-hydrogen) atoms. The van der Waals surface area contributed by atoms with E-state index in [2.05, 4.69) is 23.4 Å². The summed E-state index contributed by atoms with van der Waals surface area (Å²) < 4.78 is 5.22. The molecule has 0 bridgehead atoms. The van der Waals surface area contributed by atoms with Crippen LogP contribution in [-0.2, 0) is 0 Å². The van der Waals surface area contributed by atoms with Crippen LogP contribution in [0.5, 0.6) is 0 Å². The lowest BCUT2D eigenvalue weighted by molar-refractivity contribution is 0.439. The number of nitrogens with zero attached hydrogens (tertiary/aromatic N) is 1. The molecular weight excluding hydrogens is 284 g/mol. The van der Waals surface area contributed by atoms with Crippen molar-refractivity contribution in [3.63, 3.8) is 0 Å². The third-order valence-electron chi connectivity index (χ3n) is 3.50. The molecule has 0 radical (unpaired) electrons. The van der Waals surface area contributed by atoms with Crippen LogP contribution in [0.4, 0.5) is 5.88 Å². The molecule has 2 aromatic carbocycles. The van der Waals surface area contributed by atoms with E-state index in [1.807, 2.05) is 38.1 Å². The molecule has 0 aliphatic rings. The number of aryl methyl sites for hydroxylation is 2. The average Bonchev–Trinajstić information content (AvgIpc) is 2.84. The van der Waals surface area contributed by atoms with Gasteiger partial charge in [0.25, 0.3) is 0 Å². The van der Waals surface area contributed by atoms with Crippen molar-refractivity contribution in [2.45, 2.75) is 13.8 Å². The molecule has 1 aromatic heterocycles. The van der Waals surface area contributed by atoms with Crippen LogP contribution in [0.15, 0.2) is 47.0 Å². The van der Waals surface area contributed by atoms with E-state index in [0.717, 1.165) is 27.9 Å². The minimum atomic E-state index is 0.313. The van der Waals surface area contributed by atoms with Gasteiger partial charge in [-0.25, -0.2) is 0 Å². The molecule has 3 aromatic rings. The fourth-order valence-corrected chi connectivity index (χ4v) is 2.50. The van der Waals surface area contributed by atoms with E-state index >= 15 is 0 Å². The molecule has 0 saturated carbocycles. The molecule has 1 heterocycles. The van der Waals surface area contributed by atoms with Gasteiger partial charge in [0, 0.05) is 10.6 Å². The van der Waals surface area contributed by atoms with E-state index in [4.69, 9.17) is 21.9 Å². The maximum Gasteiger partial charge on any atom is 0.230 e. The Morgan fingerprint density at radius 2 is 1.76 bits per heavy atom. The van der Waals surface area contributed by atoms with Gasteiger partial charge < -0.3 is 10.3 Å². The van der Waals surface area contributed by atoms with Gasteiger partial charge in [0.2, 0.25) is 5.88 Å². The van der Waals surface area contributed by atoms with Crippen molar-refractivity contribution in [2.75, 3.05) is 5.73 Å². The second-order valence-corrected chi connectivity index (χ2v) is 5.53. The Morgan fingerprint density at radius 3 is 2.48 bits per heavy atom. The minimum absolute atomic E-state index is 0.313. The van der Waals surface area contributed by atoms with Crippen LogP contribution < -0.4 is 5.73 Å². The fraction of sp³-hybridized carbons (Fsp3) is 0.118. The van der Waals surface area contributed by atoms with Gasteiger partial charge >= 0.3 is 0 Å². The summed E-state index contributed by atoms with van der Waals surface area (Å²) in [6.07, 6.45) is 0. The average molecular weight is 299 g/mol. The third-order valence-corrected chi connectivity index (χ3v) is 3.75. The lowest BCUT2D eigenvalue weighted by atomic mass is 9.97. The maximum atomic E-state index is 5.97. The van der Waals surface area contributed by atoms with Gasteiger partial charge in [0.05, 0.1) is 5.56 Å². The molecule has 3 rings (SSSR count). The molecule has 0 atom stereocenters. The van der Waals surface area contributed by atoms with Crippen LogP contribution in [0, 0.1) is 13.8 Å². The number of halogens is 1. The van der Waals surface area contributed by atoms with Gasteiger partial charge in [0.15, 0.2) is 0 Å². The Kier molecular flexibility index (Phi) is 3.43. The number of nitrogens with two attached hydrogens (primary N) is 1. The Hall–Kier alpha value is -2.26.